The molecule has 262 valence electrons. The number of aryl methyl sites for hydroxylation is 2. The molecule has 1 saturated heterocycles. The van der Waals surface area contributed by atoms with Gasteiger partial charge in [0.05, 0.1) is 0 Å². The number of allylic oxidation sites excluding steroid dienone is 2. The van der Waals surface area contributed by atoms with Crippen molar-refractivity contribution >= 4 is 21.7 Å². The fourth-order valence-corrected chi connectivity index (χ4v) is 31.3. The van der Waals surface area contributed by atoms with Crippen LogP contribution in [0.3, 0.4) is 0 Å². The molecule has 6 aromatic carbocycles. The second-order valence-electron chi connectivity index (χ2n) is 16.7. The summed E-state index contributed by atoms with van der Waals surface area (Å²) >= 11 is -2.70. The van der Waals surface area contributed by atoms with Gasteiger partial charge >= 0.3 is 308 Å². The van der Waals surface area contributed by atoms with Gasteiger partial charge < -0.3 is 0 Å². The third-order valence-electron chi connectivity index (χ3n) is 13.0. The van der Waals surface area contributed by atoms with E-state index in [1.165, 1.54) is 94.9 Å². The molecule has 0 amide bonds. The first-order valence-corrected chi connectivity index (χ1v) is 32.9. The smallest absolute Gasteiger partial charge is 0.0622 e. The number of hydrogen-bond donors (Lipinski definition) is 0. The predicted molar refractivity (Wildman–Crippen MR) is 229 cm³/mol. The summed E-state index contributed by atoms with van der Waals surface area (Å²) in [5.74, 6) is 0.566. The van der Waals surface area contributed by atoms with Crippen LogP contribution in [0, 0.1) is 27.7 Å². The van der Waals surface area contributed by atoms with Crippen LogP contribution < -0.4 is 0 Å². The van der Waals surface area contributed by atoms with Gasteiger partial charge in [-0.05, 0) is 0 Å². The van der Waals surface area contributed by atoms with E-state index in [4.69, 9.17) is 0 Å². The molecular formula is C51H50HfSi. The van der Waals surface area contributed by atoms with Crippen molar-refractivity contribution in [3.63, 3.8) is 0 Å². The van der Waals surface area contributed by atoms with Crippen molar-refractivity contribution in [3.8, 4) is 44.5 Å². The Morgan fingerprint density at radius 2 is 1.02 bits per heavy atom. The molecule has 6 aromatic rings. The van der Waals surface area contributed by atoms with Crippen molar-refractivity contribution in [3.05, 3.63) is 176 Å². The summed E-state index contributed by atoms with van der Waals surface area (Å²) in [7, 11) is -0.655. The maximum atomic E-state index is 2.78. The molecular weight excluding hydrogens is 819 g/mol. The first-order chi connectivity index (χ1) is 25.7. The van der Waals surface area contributed by atoms with Crippen LogP contribution in [0.4, 0.5) is 0 Å². The van der Waals surface area contributed by atoms with E-state index in [1.54, 1.807) is 16.3 Å². The third kappa shape index (κ3) is 5.89. The Labute approximate surface area is 323 Å². The maximum absolute atomic E-state index is 2.78. The van der Waals surface area contributed by atoms with Gasteiger partial charge in [0.1, 0.15) is 0 Å². The topological polar surface area (TPSA) is 0 Å². The van der Waals surface area contributed by atoms with Gasteiger partial charge in [-0.15, -0.1) is 0 Å². The first-order valence-electron chi connectivity index (χ1n) is 19.7. The summed E-state index contributed by atoms with van der Waals surface area (Å²) in [5, 5.41) is 3.60. The Balaban J connectivity index is 1.15. The van der Waals surface area contributed by atoms with Gasteiger partial charge in [-0.2, -0.15) is 0 Å². The molecule has 2 atom stereocenters. The van der Waals surface area contributed by atoms with E-state index in [0.717, 1.165) is 0 Å². The Morgan fingerprint density at radius 1 is 0.509 bits per heavy atom. The van der Waals surface area contributed by atoms with Crippen molar-refractivity contribution in [1.29, 1.82) is 0 Å². The molecule has 3 aliphatic rings. The molecule has 0 nitrogen and oxygen atoms in total. The van der Waals surface area contributed by atoms with Crippen molar-refractivity contribution in [2.45, 2.75) is 63.7 Å². The summed E-state index contributed by atoms with van der Waals surface area (Å²) in [5.41, 5.74) is 22.7. The van der Waals surface area contributed by atoms with Crippen LogP contribution in [0.25, 0.3) is 56.7 Å². The number of fused-ring (bicyclic) bond motifs is 6. The van der Waals surface area contributed by atoms with Gasteiger partial charge in [0.15, 0.2) is 0 Å². The standard InChI is InChI=1S/C49H44Si.2CH3.Hf/c1-6-15-44-43-23-14-22-42(40-27-25-32(3)49(34(40)5)36-18-11-8-12-19-36)46(43)30-47(44)50-38-28-37-20-13-21-41(45(37)29-38)39-26-24-31(2)48(33(39)4)35-16-9-7-10-17-35;;;/h7-14,16-30,44H,1,6,15,50H2,2-5H3;2*1H3;. The van der Waals surface area contributed by atoms with Gasteiger partial charge in [-0.25, -0.2) is 0 Å². The molecule has 0 spiro atoms. The average molecular weight is 870 g/mol. The fourth-order valence-electron chi connectivity index (χ4n) is 10.6. The molecule has 0 bridgehead atoms. The normalized spacial score (nSPS) is 18.9. The monoisotopic (exact) mass is 870 g/mol. The average Bonchev–Trinajstić information content (AvgIpc) is 3.72. The van der Waals surface area contributed by atoms with E-state index in [0.29, 0.717) is 9.59 Å². The predicted octanol–water partition coefficient (Wildman–Crippen LogP) is 13.8. The zero-order valence-corrected chi connectivity index (χ0v) is 37.2. The van der Waals surface area contributed by atoms with E-state index in [2.05, 4.69) is 171 Å². The van der Waals surface area contributed by atoms with Crippen molar-refractivity contribution < 1.29 is 20.0 Å². The van der Waals surface area contributed by atoms with Crippen LogP contribution >= 0.6 is 0 Å². The van der Waals surface area contributed by atoms with E-state index in [1.807, 2.05) is 5.20 Å². The molecule has 0 N–H and O–H groups in total. The molecule has 2 aliphatic carbocycles. The van der Waals surface area contributed by atoms with Crippen LogP contribution in [-0.2, 0) is 20.0 Å². The Bertz CT molecular complexity index is 2470. The van der Waals surface area contributed by atoms with E-state index in [-0.39, 0.29) is 0 Å². The fraction of sp³-hybridized carbons (Fsp3) is 0.216. The van der Waals surface area contributed by atoms with Gasteiger partial charge in [-0.3, -0.25) is 0 Å². The van der Waals surface area contributed by atoms with Crippen molar-refractivity contribution in [2.75, 3.05) is 0 Å². The molecule has 1 fully saturated rings. The SMILES string of the molecule is Cc1ccc(-c2cccc3c2C=C2[SiH2]C4=Cc5c(-c6ccc(C)c(-c7ccccc7)c6C)cccc5[CH]4[Hf]([CH3])([CH3])[CH2]CCC23)c(C)c1-c1ccccc1. The molecule has 9 rings (SSSR count). The van der Waals surface area contributed by atoms with Crippen LogP contribution in [0.5, 0.6) is 0 Å². The van der Waals surface area contributed by atoms with E-state index < -0.39 is 29.5 Å². The van der Waals surface area contributed by atoms with Gasteiger partial charge in [0.2, 0.25) is 0 Å². The Hall–Kier alpha value is -4.11. The molecule has 1 heterocycles. The molecule has 0 radical (unpaired) electrons. The Kier molecular flexibility index (Phi) is 8.91. The van der Waals surface area contributed by atoms with Gasteiger partial charge in [0.25, 0.3) is 0 Å². The quantitative estimate of drug-likeness (QED) is 0.155. The number of hydrogen-bond acceptors (Lipinski definition) is 0. The van der Waals surface area contributed by atoms with Gasteiger partial charge in [0, 0.05) is 0 Å². The molecule has 0 saturated carbocycles. The number of benzene rings is 6. The van der Waals surface area contributed by atoms with E-state index in [9.17, 15) is 0 Å². The molecule has 2 heteroatoms. The first kappa shape index (κ1) is 34.6. The van der Waals surface area contributed by atoms with Crippen LogP contribution in [0.2, 0.25) is 13.5 Å². The zero-order valence-electron chi connectivity index (χ0n) is 32.2. The second-order valence-corrected chi connectivity index (χ2v) is 36.8. The Morgan fingerprint density at radius 3 is 1.58 bits per heavy atom. The van der Waals surface area contributed by atoms with E-state index >= 15 is 0 Å². The summed E-state index contributed by atoms with van der Waals surface area (Å²) < 4.78 is 7.71. The minimum atomic E-state index is -2.70. The zero-order chi connectivity index (χ0) is 36.4. The summed E-state index contributed by atoms with van der Waals surface area (Å²) in [6.07, 6.45) is 8.08. The summed E-state index contributed by atoms with van der Waals surface area (Å²) in [6, 6.07) is 45.9. The molecule has 1 aliphatic heterocycles. The summed E-state index contributed by atoms with van der Waals surface area (Å²) in [4.78, 5) is 0. The van der Waals surface area contributed by atoms with Crippen molar-refractivity contribution in [1.82, 2.24) is 0 Å². The molecule has 0 aromatic heterocycles. The molecule has 2 unspecified atom stereocenters. The van der Waals surface area contributed by atoms with Gasteiger partial charge in [-0.1, -0.05) is 18.2 Å². The minimum Gasteiger partial charge on any atom is -0.0622 e. The number of rotatable bonds is 4. The summed E-state index contributed by atoms with van der Waals surface area (Å²) in [6.45, 7) is 9.21. The second kappa shape index (κ2) is 13.6. The van der Waals surface area contributed by atoms with Crippen LogP contribution in [0.15, 0.2) is 132 Å². The van der Waals surface area contributed by atoms with Crippen LogP contribution in [-0.4, -0.2) is 9.52 Å². The minimum absolute atomic E-state index is 0.566. The molecule has 53 heavy (non-hydrogen) atoms. The third-order valence-corrected chi connectivity index (χ3v) is 30.6. The van der Waals surface area contributed by atoms with Crippen LogP contribution in [0.1, 0.15) is 66.9 Å². The van der Waals surface area contributed by atoms with Crippen molar-refractivity contribution in [2.24, 2.45) is 0 Å².